The van der Waals surface area contributed by atoms with Crippen molar-refractivity contribution < 1.29 is 27.6 Å². The Bertz CT molecular complexity index is 910. The van der Waals surface area contributed by atoms with Crippen LogP contribution in [0.15, 0.2) is 18.3 Å². The Hall–Kier alpha value is -2.90. The molecule has 8 heteroatoms. The summed E-state index contributed by atoms with van der Waals surface area (Å²) in [6.07, 6.45) is 1.57. The number of ketones is 2. The van der Waals surface area contributed by atoms with E-state index in [9.17, 15) is 27.6 Å². The van der Waals surface area contributed by atoms with Gasteiger partial charge in [-0.05, 0) is 19.4 Å². The fourth-order valence-electron chi connectivity index (χ4n) is 3.10. The van der Waals surface area contributed by atoms with E-state index < -0.39 is 35.1 Å². The molecular formula is C17H13F3N2O3. The fraction of sp³-hybridized carbons (Fsp3) is 0.235. The molecule has 1 aliphatic rings. The first kappa shape index (κ1) is 16.9. The van der Waals surface area contributed by atoms with E-state index in [0.29, 0.717) is 17.7 Å². The fourth-order valence-corrected chi connectivity index (χ4v) is 3.10. The first-order valence-electron chi connectivity index (χ1n) is 7.39. The van der Waals surface area contributed by atoms with Crippen LogP contribution < -0.4 is 5.32 Å². The van der Waals surface area contributed by atoms with E-state index >= 15 is 0 Å². The number of hydrogen-bond donors (Lipinski definition) is 1. The number of rotatable bonds is 3. The Kier molecular flexibility index (Phi) is 3.98. The lowest BCUT2D eigenvalue weighted by Crippen LogP contribution is -2.20. The minimum absolute atomic E-state index is 0.0203. The molecule has 0 saturated carbocycles. The summed E-state index contributed by atoms with van der Waals surface area (Å²) in [5.41, 5.74) is 0.588. The van der Waals surface area contributed by atoms with Crippen molar-refractivity contribution >= 4 is 23.2 Å². The highest BCUT2D eigenvalue weighted by Crippen LogP contribution is 2.33. The van der Waals surface area contributed by atoms with Crippen LogP contribution >= 0.6 is 0 Å². The van der Waals surface area contributed by atoms with E-state index in [-0.39, 0.29) is 29.3 Å². The van der Waals surface area contributed by atoms with Crippen molar-refractivity contribution in [2.24, 2.45) is 0 Å². The van der Waals surface area contributed by atoms with Crippen LogP contribution in [0.1, 0.15) is 34.5 Å². The number of Topliss-reactive ketones (excluding diaryl/α,β-unsaturated/α-hetero) is 2. The van der Waals surface area contributed by atoms with Crippen molar-refractivity contribution in [2.75, 3.05) is 5.32 Å². The normalized spacial score (nSPS) is 16.0. The minimum Gasteiger partial charge on any atom is -0.342 e. The van der Waals surface area contributed by atoms with Gasteiger partial charge in [0.1, 0.15) is 11.7 Å². The molecule has 130 valence electrons. The minimum atomic E-state index is -1.64. The molecule has 0 bridgehead atoms. The van der Waals surface area contributed by atoms with Crippen LogP contribution in [-0.4, -0.2) is 22.0 Å². The van der Waals surface area contributed by atoms with E-state index in [1.807, 2.05) is 0 Å². The number of aromatic nitrogens is 1. The Morgan fingerprint density at radius 1 is 1.20 bits per heavy atom. The molecule has 1 amide bonds. The summed E-state index contributed by atoms with van der Waals surface area (Å²) in [7, 11) is 0. The van der Waals surface area contributed by atoms with Crippen LogP contribution in [0.3, 0.4) is 0 Å². The average molecular weight is 350 g/mol. The molecule has 1 N–H and O–H groups in total. The third-order valence-electron chi connectivity index (χ3n) is 4.11. The summed E-state index contributed by atoms with van der Waals surface area (Å²) in [5, 5.41) is 2.28. The zero-order chi connectivity index (χ0) is 18.5. The van der Waals surface area contributed by atoms with Crippen LogP contribution in [0.2, 0.25) is 0 Å². The summed E-state index contributed by atoms with van der Waals surface area (Å²) in [4.78, 5) is 36.3. The predicted molar refractivity (Wildman–Crippen MR) is 81.9 cm³/mol. The maximum Gasteiger partial charge on any atom is 0.257 e. The van der Waals surface area contributed by atoms with Gasteiger partial charge in [0.15, 0.2) is 23.2 Å². The van der Waals surface area contributed by atoms with Gasteiger partial charge in [0.25, 0.3) is 5.91 Å². The van der Waals surface area contributed by atoms with Gasteiger partial charge >= 0.3 is 0 Å². The second-order valence-electron chi connectivity index (χ2n) is 5.92. The summed E-state index contributed by atoms with van der Waals surface area (Å²) < 4.78 is 41.1. The van der Waals surface area contributed by atoms with Gasteiger partial charge in [-0.15, -0.1) is 0 Å². The molecule has 1 aromatic heterocycles. The number of benzene rings is 1. The number of carbonyl (C=O) groups excluding carboxylic acids is 3. The predicted octanol–water partition coefficient (Wildman–Crippen LogP) is 2.72. The molecule has 5 nitrogen and oxygen atoms in total. The molecule has 0 radical (unpaired) electrons. The van der Waals surface area contributed by atoms with Crippen molar-refractivity contribution in [3.8, 4) is 0 Å². The maximum atomic E-state index is 13.3. The number of hydrogen-bond acceptors (Lipinski definition) is 3. The van der Waals surface area contributed by atoms with Crippen molar-refractivity contribution in [3.63, 3.8) is 0 Å². The van der Waals surface area contributed by atoms with E-state index in [1.165, 1.54) is 11.5 Å². The van der Waals surface area contributed by atoms with Crippen LogP contribution in [0.25, 0.3) is 0 Å². The van der Waals surface area contributed by atoms with E-state index in [2.05, 4.69) is 5.32 Å². The average Bonchev–Trinajstić information content (AvgIpc) is 2.96. The molecule has 0 aliphatic carbocycles. The van der Waals surface area contributed by atoms with Gasteiger partial charge in [0.2, 0.25) is 0 Å². The molecule has 1 aliphatic heterocycles. The van der Waals surface area contributed by atoms with Crippen molar-refractivity contribution in [1.82, 2.24) is 4.57 Å². The van der Waals surface area contributed by atoms with Crippen LogP contribution in [-0.2, 0) is 16.1 Å². The number of anilines is 1. The standard InChI is InChI=1S/C17H13F3N2O3/c1-7-5-22-6-12(24)14(8(2)23)16(22)13(7)17(25)21-9-3-10(18)15(20)11(19)4-9/h3-5,14H,6H2,1-2H3,(H,21,25). The highest BCUT2D eigenvalue weighted by Gasteiger charge is 2.39. The Labute approximate surface area is 140 Å². The summed E-state index contributed by atoms with van der Waals surface area (Å²) in [5.74, 6) is -7.02. The number of halogens is 3. The molecule has 25 heavy (non-hydrogen) atoms. The zero-order valence-electron chi connectivity index (χ0n) is 13.3. The maximum absolute atomic E-state index is 13.3. The number of amides is 1. The van der Waals surface area contributed by atoms with Gasteiger partial charge in [0, 0.05) is 29.7 Å². The third kappa shape index (κ3) is 2.73. The van der Waals surface area contributed by atoms with E-state index in [0.717, 1.165) is 0 Å². The van der Waals surface area contributed by atoms with Crippen molar-refractivity contribution in [2.45, 2.75) is 26.3 Å². The van der Waals surface area contributed by atoms with Crippen LogP contribution in [0.5, 0.6) is 0 Å². The van der Waals surface area contributed by atoms with Gasteiger partial charge < -0.3 is 9.88 Å². The molecule has 1 unspecified atom stereocenters. The summed E-state index contributed by atoms with van der Waals surface area (Å²) in [6, 6.07) is 1.30. The van der Waals surface area contributed by atoms with Crippen LogP contribution in [0, 0.1) is 24.4 Å². The van der Waals surface area contributed by atoms with E-state index in [4.69, 9.17) is 0 Å². The van der Waals surface area contributed by atoms with Gasteiger partial charge in [-0.3, -0.25) is 14.4 Å². The first-order valence-corrected chi connectivity index (χ1v) is 7.39. The van der Waals surface area contributed by atoms with Crippen molar-refractivity contribution in [1.29, 1.82) is 0 Å². The first-order chi connectivity index (χ1) is 11.7. The summed E-state index contributed by atoms with van der Waals surface area (Å²) in [6.45, 7) is 2.86. The molecule has 2 heterocycles. The Morgan fingerprint density at radius 2 is 1.80 bits per heavy atom. The number of aryl methyl sites for hydroxylation is 1. The molecule has 2 aromatic rings. The monoisotopic (exact) mass is 350 g/mol. The summed E-state index contributed by atoms with van der Waals surface area (Å²) >= 11 is 0. The highest BCUT2D eigenvalue weighted by atomic mass is 19.2. The molecule has 0 spiro atoms. The SMILES string of the molecule is CC(=O)C1C(=O)Cn2cc(C)c(C(=O)Nc3cc(F)c(F)c(F)c3)c21. The lowest BCUT2D eigenvalue weighted by Gasteiger charge is -2.10. The van der Waals surface area contributed by atoms with Crippen LogP contribution in [0.4, 0.5) is 18.9 Å². The molecule has 1 aromatic carbocycles. The molecule has 0 saturated heterocycles. The van der Waals surface area contributed by atoms with Crippen molar-refractivity contribution in [3.05, 3.63) is 52.6 Å². The molecular weight excluding hydrogens is 337 g/mol. The number of nitrogens with zero attached hydrogens (tertiary/aromatic N) is 1. The number of nitrogens with one attached hydrogen (secondary N) is 1. The second kappa shape index (κ2) is 5.87. The quantitative estimate of drug-likeness (QED) is 0.684. The van der Waals surface area contributed by atoms with Gasteiger partial charge in [-0.1, -0.05) is 0 Å². The number of carbonyl (C=O) groups is 3. The van der Waals surface area contributed by atoms with E-state index in [1.54, 1.807) is 13.1 Å². The van der Waals surface area contributed by atoms with Gasteiger partial charge in [-0.2, -0.15) is 0 Å². The van der Waals surface area contributed by atoms with Gasteiger partial charge in [-0.25, -0.2) is 13.2 Å². The molecule has 1 atom stereocenters. The largest absolute Gasteiger partial charge is 0.342 e. The second-order valence-corrected chi connectivity index (χ2v) is 5.92. The molecule has 0 fully saturated rings. The lowest BCUT2D eigenvalue weighted by molar-refractivity contribution is -0.127. The lowest BCUT2D eigenvalue weighted by atomic mass is 9.94. The number of fused-ring (bicyclic) bond motifs is 1. The topological polar surface area (TPSA) is 68.2 Å². The smallest absolute Gasteiger partial charge is 0.257 e. The third-order valence-corrected chi connectivity index (χ3v) is 4.11. The highest BCUT2D eigenvalue weighted by molar-refractivity contribution is 6.13. The Balaban J connectivity index is 2.00. The van der Waals surface area contributed by atoms with Gasteiger partial charge in [0.05, 0.1) is 12.1 Å². The Morgan fingerprint density at radius 3 is 2.36 bits per heavy atom. The zero-order valence-corrected chi connectivity index (χ0v) is 13.3. The molecule has 3 rings (SSSR count).